The van der Waals surface area contributed by atoms with Crippen LogP contribution in [-0.4, -0.2) is 61.0 Å². The molecule has 1 aromatic rings. The van der Waals surface area contributed by atoms with Crippen molar-refractivity contribution in [3.05, 3.63) is 34.9 Å². The van der Waals surface area contributed by atoms with Crippen LogP contribution in [0.5, 0.6) is 0 Å². The van der Waals surface area contributed by atoms with Crippen LogP contribution >= 0.6 is 24.0 Å². The summed E-state index contributed by atoms with van der Waals surface area (Å²) in [4.78, 5) is 17.4. The Morgan fingerprint density at radius 3 is 2.71 bits per heavy atom. The van der Waals surface area contributed by atoms with E-state index < -0.39 is 0 Å². The van der Waals surface area contributed by atoms with Crippen molar-refractivity contribution < 1.29 is 4.79 Å². The quantitative estimate of drug-likeness (QED) is 0.834. The highest BCUT2D eigenvalue weighted by Gasteiger charge is 2.27. The molecule has 1 atom stereocenters. The van der Waals surface area contributed by atoms with E-state index in [1.165, 1.54) is 25.9 Å². The summed E-state index contributed by atoms with van der Waals surface area (Å²) in [7, 11) is 0. The van der Waals surface area contributed by atoms with Gasteiger partial charge in [-0.3, -0.25) is 4.79 Å². The molecule has 24 heavy (non-hydrogen) atoms. The Hall–Kier alpha value is -0.810. The largest absolute Gasteiger partial charge is 0.337 e. The van der Waals surface area contributed by atoms with Crippen molar-refractivity contribution in [3.63, 3.8) is 0 Å². The number of nitrogens with one attached hydrogen (secondary N) is 1. The van der Waals surface area contributed by atoms with Gasteiger partial charge in [0.25, 0.3) is 0 Å². The zero-order chi connectivity index (χ0) is 16.1. The van der Waals surface area contributed by atoms with E-state index in [-0.39, 0.29) is 18.3 Å². The molecule has 0 bridgehead atoms. The topological polar surface area (TPSA) is 35.6 Å². The highest BCUT2D eigenvalue weighted by Crippen LogP contribution is 2.18. The first-order valence-electron chi connectivity index (χ1n) is 8.70. The van der Waals surface area contributed by atoms with Crippen molar-refractivity contribution in [2.24, 2.45) is 0 Å². The van der Waals surface area contributed by atoms with E-state index in [4.69, 9.17) is 11.6 Å². The van der Waals surface area contributed by atoms with Crippen molar-refractivity contribution >= 4 is 29.9 Å². The maximum Gasteiger partial charge on any atom is 0.227 e. The number of benzene rings is 1. The van der Waals surface area contributed by atoms with Crippen molar-refractivity contribution in [2.75, 3.05) is 39.3 Å². The first-order chi connectivity index (χ1) is 11.2. The third kappa shape index (κ3) is 5.09. The number of likely N-dealkylation sites (tertiary alicyclic amines) is 1. The minimum Gasteiger partial charge on any atom is -0.337 e. The molecule has 0 spiro atoms. The highest BCUT2D eigenvalue weighted by atomic mass is 35.5. The molecule has 0 radical (unpaired) electrons. The molecule has 0 saturated carbocycles. The fourth-order valence-corrected chi connectivity index (χ4v) is 3.78. The number of nitrogens with zero attached hydrogens (tertiary/aromatic N) is 2. The lowest BCUT2D eigenvalue weighted by Gasteiger charge is -2.30. The predicted octanol–water partition coefficient (Wildman–Crippen LogP) is 2.59. The van der Waals surface area contributed by atoms with Gasteiger partial charge in [0.05, 0.1) is 6.42 Å². The lowest BCUT2D eigenvalue weighted by molar-refractivity contribution is -0.132. The molecule has 0 aromatic heterocycles. The second-order valence-electron chi connectivity index (χ2n) is 6.55. The van der Waals surface area contributed by atoms with E-state index in [1.54, 1.807) is 0 Å². The number of halogens is 2. The zero-order valence-corrected chi connectivity index (χ0v) is 15.6. The normalized spacial score (nSPS) is 20.8. The Morgan fingerprint density at radius 1 is 1.29 bits per heavy atom. The van der Waals surface area contributed by atoms with E-state index in [2.05, 4.69) is 15.1 Å². The highest BCUT2D eigenvalue weighted by molar-refractivity contribution is 6.31. The maximum atomic E-state index is 12.9. The summed E-state index contributed by atoms with van der Waals surface area (Å²) in [6.07, 6.45) is 4.03. The van der Waals surface area contributed by atoms with E-state index >= 15 is 0 Å². The fraction of sp³-hybridized carbons (Fsp3) is 0.611. The number of amides is 1. The van der Waals surface area contributed by atoms with Gasteiger partial charge in [0.15, 0.2) is 0 Å². The van der Waals surface area contributed by atoms with Crippen LogP contribution in [0, 0.1) is 0 Å². The van der Waals surface area contributed by atoms with Gasteiger partial charge in [0.1, 0.15) is 0 Å². The lowest BCUT2D eigenvalue weighted by Crippen LogP contribution is -2.46. The molecule has 3 rings (SSSR count). The predicted molar refractivity (Wildman–Crippen MR) is 101 cm³/mol. The molecular weight excluding hydrogens is 345 g/mol. The summed E-state index contributed by atoms with van der Waals surface area (Å²) < 4.78 is 0. The Kier molecular flexibility index (Phi) is 7.82. The third-order valence-corrected chi connectivity index (χ3v) is 5.32. The van der Waals surface area contributed by atoms with Crippen molar-refractivity contribution in [2.45, 2.75) is 31.7 Å². The molecule has 134 valence electrons. The van der Waals surface area contributed by atoms with Crippen molar-refractivity contribution in [1.29, 1.82) is 0 Å². The van der Waals surface area contributed by atoms with Gasteiger partial charge in [0, 0.05) is 30.7 Å². The summed E-state index contributed by atoms with van der Waals surface area (Å²) in [5.41, 5.74) is 0.927. The molecule has 2 heterocycles. The Balaban J connectivity index is 0.00000208. The Labute approximate surface area is 155 Å². The molecule has 2 fully saturated rings. The van der Waals surface area contributed by atoms with Crippen molar-refractivity contribution in [1.82, 2.24) is 15.1 Å². The van der Waals surface area contributed by atoms with Gasteiger partial charge >= 0.3 is 0 Å². The number of hydrogen-bond donors (Lipinski definition) is 1. The Morgan fingerprint density at radius 2 is 2.04 bits per heavy atom. The monoisotopic (exact) mass is 371 g/mol. The van der Waals surface area contributed by atoms with Gasteiger partial charge in [-0.2, -0.15) is 0 Å². The third-order valence-electron chi connectivity index (χ3n) is 4.95. The van der Waals surface area contributed by atoms with Crippen LogP contribution in [0.2, 0.25) is 5.02 Å². The molecule has 2 saturated heterocycles. The van der Waals surface area contributed by atoms with Crippen LogP contribution in [0.4, 0.5) is 0 Å². The maximum absolute atomic E-state index is 12.9. The molecule has 1 unspecified atom stereocenters. The summed E-state index contributed by atoms with van der Waals surface area (Å²) in [5, 5.41) is 4.06. The number of carbonyl (C=O) groups excluding carboxylic acids is 1. The van der Waals surface area contributed by atoms with Crippen LogP contribution in [0.3, 0.4) is 0 Å². The smallest absolute Gasteiger partial charge is 0.227 e. The average molecular weight is 372 g/mol. The molecule has 2 aliphatic rings. The number of hydrogen-bond acceptors (Lipinski definition) is 3. The van der Waals surface area contributed by atoms with Crippen molar-refractivity contribution in [3.8, 4) is 0 Å². The minimum atomic E-state index is 0. The Bertz CT molecular complexity index is 529. The minimum absolute atomic E-state index is 0. The molecule has 2 aliphatic heterocycles. The number of carbonyl (C=O) groups is 1. The van der Waals surface area contributed by atoms with E-state index in [0.29, 0.717) is 17.5 Å². The second-order valence-corrected chi connectivity index (χ2v) is 6.96. The molecular formula is C18H27Cl2N3O. The summed E-state index contributed by atoms with van der Waals surface area (Å²) in [5.74, 6) is 0.200. The zero-order valence-electron chi connectivity index (χ0n) is 14.0. The van der Waals surface area contributed by atoms with Crippen LogP contribution < -0.4 is 5.32 Å². The van der Waals surface area contributed by atoms with Crippen LogP contribution in [0.25, 0.3) is 0 Å². The molecule has 6 heteroatoms. The first kappa shape index (κ1) is 19.5. The van der Waals surface area contributed by atoms with Gasteiger partial charge in [-0.25, -0.2) is 0 Å². The molecule has 1 N–H and O–H groups in total. The van der Waals surface area contributed by atoms with E-state index in [0.717, 1.165) is 38.2 Å². The second kappa shape index (κ2) is 9.62. The van der Waals surface area contributed by atoms with Gasteiger partial charge in [-0.15, -0.1) is 12.4 Å². The van der Waals surface area contributed by atoms with E-state index in [1.807, 2.05) is 24.3 Å². The number of rotatable bonds is 6. The summed E-state index contributed by atoms with van der Waals surface area (Å²) in [6, 6.07) is 7.98. The van der Waals surface area contributed by atoms with Gasteiger partial charge in [-0.05, 0) is 50.5 Å². The standard InChI is InChI=1S/C18H26ClN3O.ClH/c19-17-6-2-1-5-15(17)13-18(23)22(16-7-8-20-14-16)12-11-21-9-3-4-10-21;/h1-2,5-6,16,20H,3-4,7-14H2;1H. The van der Waals surface area contributed by atoms with Gasteiger partial charge < -0.3 is 15.1 Å². The fourth-order valence-electron chi connectivity index (χ4n) is 3.58. The molecule has 1 amide bonds. The van der Waals surface area contributed by atoms with Crippen LogP contribution in [0.1, 0.15) is 24.8 Å². The SMILES string of the molecule is Cl.O=C(Cc1ccccc1Cl)N(CCN1CCCC1)C1CCNC1. The van der Waals surface area contributed by atoms with Gasteiger partial charge in [-0.1, -0.05) is 29.8 Å². The molecule has 1 aromatic carbocycles. The van der Waals surface area contributed by atoms with E-state index in [9.17, 15) is 4.79 Å². The molecule has 4 nitrogen and oxygen atoms in total. The summed E-state index contributed by atoms with van der Waals surface area (Å²) in [6.45, 7) is 6.09. The lowest BCUT2D eigenvalue weighted by atomic mass is 10.1. The summed E-state index contributed by atoms with van der Waals surface area (Å²) >= 11 is 6.22. The average Bonchev–Trinajstić information content (AvgIpc) is 3.23. The van der Waals surface area contributed by atoms with Crippen LogP contribution in [-0.2, 0) is 11.2 Å². The van der Waals surface area contributed by atoms with Gasteiger partial charge in [0.2, 0.25) is 5.91 Å². The molecule has 0 aliphatic carbocycles. The first-order valence-corrected chi connectivity index (χ1v) is 9.08. The van der Waals surface area contributed by atoms with Crippen LogP contribution in [0.15, 0.2) is 24.3 Å².